The molecule has 0 fully saturated rings. The van der Waals surface area contributed by atoms with Gasteiger partial charge in [-0.05, 0) is 18.6 Å². The topological polar surface area (TPSA) is 15.6 Å². The van der Waals surface area contributed by atoms with E-state index in [0.29, 0.717) is 4.36 Å². The Kier molecular flexibility index (Phi) is 5.74. The first-order valence-corrected chi connectivity index (χ1v) is 6.18. The van der Waals surface area contributed by atoms with Gasteiger partial charge in [0.15, 0.2) is 0 Å². The zero-order chi connectivity index (χ0) is 12.0. The van der Waals surface area contributed by atoms with Gasteiger partial charge in [0, 0.05) is 24.5 Å². The maximum Gasteiger partial charge on any atom is 0.106 e. The molecular weight excluding hydrogens is 263 g/mol. The zero-order valence-electron chi connectivity index (χ0n) is 9.02. The maximum atomic E-state index is 5.76. The minimum Gasteiger partial charge on any atom is -0.305 e. The summed E-state index contributed by atoms with van der Waals surface area (Å²) in [6, 6.07) is 7.92. The first kappa shape index (κ1) is 13.4. The molecule has 0 atom stereocenters. The quantitative estimate of drug-likeness (QED) is 0.456. The summed E-state index contributed by atoms with van der Waals surface area (Å²) in [5.74, 6) is 0. The molecule has 2 nitrogen and oxygen atoms in total. The summed E-state index contributed by atoms with van der Waals surface area (Å²) < 4.78 is 2.29. The van der Waals surface area contributed by atoms with Crippen LogP contribution in [0, 0.1) is 6.92 Å². The number of nitrogens with zero attached hydrogens (tertiary/aromatic N) is 2. The van der Waals surface area contributed by atoms with Gasteiger partial charge in [-0.3, -0.25) is 0 Å². The summed E-state index contributed by atoms with van der Waals surface area (Å²) in [6.07, 6.45) is 1.70. The summed E-state index contributed by atoms with van der Waals surface area (Å²) >= 11 is 12.5. The Labute approximate surface area is 110 Å². The van der Waals surface area contributed by atoms with Crippen LogP contribution in [0.25, 0.3) is 0 Å². The van der Waals surface area contributed by atoms with Crippen molar-refractivity contribution in [3.8, 4) is 0 Å². The fourth-order valence-electron chi connectivity index (χ4n) is 1.03. The Balaban J connectivity index is 2.64. The van der Waals surface area contributed by atoms with E-state index in [0.717, 1.165) is 11.3 Å². The van der Waals surface area contributed by atoms with E-state index < -0.39 is 0 Å². The van der Waals surface area contributed by atoms with Crippen LogP contribution in [-0.2, 0) is 0 Å². The number of rotatable bonds is 4. The van der Waals surface area contributed by atoms with Crippen molar-refractivity contribution >= 4 is 47.2 Å². The van der Waals surface area contributed by atoms with Crippen LogP contribution in [0.15, 0.2) is 39.2 Å². The van der Waals surface area contributed by atoms with Crippen molar-refractivity contribution in [1.29, 1.82) is 0 Å². The normalized spacial score (nSPS) is 12.1. The maximum absolute atomic E-state index is 5.76. The van der Waals surface area contributed by atoms with E-state index in [1.165, 1.54) is 17.5 Å². The summed E-state index contributed by atoms with van der Waals surface area (Å²) in [5.41, 5.74) is 3.40. The Hall–Kier alpha value is -0.640. The Morgan fingerprint density at radius 2 is 2.12 bits per heavy atom. The number of aryl methyl sites for hydroxylation is 1. The molecule has 0 radical (unpaired) electrons. The van der Waals surface area contributed by atoms with Crippen LogP contribution >= 0.6 is 35.1 Å². The number of benzene rings is 1. The highest BCUT2D eigenvalue weighted by molar-refractivity contribution is 8.02. The number of hydrogen-bond donors (Lipinski definition) is 0. The highest BCUT2D eigenvalue weighted by atomic mass is 35.5. The van der Waals surface area contributed by atoms with Crippen LogP contribution in [-0.4, -0.2) is 17.7 Å². The highest BCUT2D eigenvalue weighted by Gasteiger charge is 1.98. The standard InChI is InChI=1S/C11H12Cl2N2S/c1-9-5-3-4-6-10(9)14-8-15(2)16-11(13)7-12/h3-8H,1-2H3. The average Bonchev–Trinajstić information content (AvgIpc) is 2.28. The second-order valence-electron chi connectivity index (χ2n) is 3.08. The predicted molar refractivity (Wildman–Crippen MR) is 74.5 cm³/mol. The summed E-state index contributed by atoms with van der Waals surface area (Å²) in [7, 11) is 1.86. The molecule has 1 rings (SSSR count). The molecule has 0 N–H and O–H groups in total. The third-order valence-corrected chi connectivity index (χ3v) is 3.24. The summed E-state index contributed by atoms with van der Waals surface area (Å²) in [4.78, 5) is 4.34. The molecule has 86 valence electrons. The van der Waals surface area contributed by atoms with Crippen LogP contribution in [0.5, 0.6) is 0 Å². The van der Waals surface area contributed by atoms with E-state index in [9.17, 15) is 0 Å². The lowest BCUT2D eigenvalue weighted by Gasteiger charge is -2.09. The fourth-order valence-corrected chi connectivity index (χ4v) is 1.89. The molecule has 0 saturated carbocycles. The van der Waals surface area contributed by atoms with Crippen molar-refractivity contribution in [3.63, 3.8) is 0 Å². The minimum atomic E-state index is 0.500. The molecule has 0 unspecified atom stereocenters. The highest BCUT2D eigenvalue weighted by Crippen LogP contribution is 2.23. The Morgan fingerprint density at radius 1 is 1.44 bits per heavy atom. The monoisotopic (exact) mass is 274 g/mol. The molecule has 0 aliphatic rings. The van der Waals surface area contributed by atoms with Crippen LogP contribution in [0.3, 0.4) is 0 Å². The molecular formula is C11H12Cl2N2S. The van der Waals surface area contributed by atoms with Gasteiger partial charge in [-0.25, -0.2) is 4.99 Å². The van der Waals surface area contributed by atoms with Gasteiger partial charge in [0.25, 0.3) is 0 Å². The van der Waals surface area contributed by atoms with Gasteiger partial charge in [0.2, 0.25) is 0 Å². The van der Waals surface area contributed by atoms with Gasteiger partial charge in [-0.1, -0.05) is 41.4 Å². The van der Waals surface area contributed by atoms with Crippen molar-refractivity contribution in [1.82, 2.24) is 4.31 Å². The molecule has 0 amide bonds. The molecule has 0 aliphatic heterocycles. The first-order chi connectivity index (χ1) is 7.63. The average molecular weight is 275 g/mol. The minimum absolute atomic E-state index is 0.500. The van der Waals surface area contributed by atoms with Crippen LogP contribution in [0.4, 0.5) is 5.69 Å². The van der Waals surface area contributed by atoms with Crippen LogP contribution in [0.1, 0.15) is 5.56 Å². The van der Waals surface area contributed by atoms with Gasteiger partial charge in [-0.2, -0.15) is 0 Å². The van der Waals surface area contributed by atoms with E-state index in [1.54, 1.807) is 10.6 Å². The second kappa shape index (κ2) is 6.84. The number of halogens is 2. The Bertz CT molecular complexity index is 405. The Morgan fingerprint density at radius 3 is 2.75 bits per heavy atom. The SMILES string of the molecule is Cc1ccccc1N=CN(C)SC(Cl)=CCl. The van der Waals surface area contributed by atoms with Crippen molar-refractivity contribution in [3.05, 3.63) is 39.7 Å². The van der Waals surface area contributed by atoms with Crippen molar-refractivity contribution < 1.29 is 0 Å². The third kappa shape index (κ3) is 4.47. The number of aliphatic imine (C=N–C) groups is 1. The smallest absolute Gasteiger partial charge is 0.106 e. The molecule has 0 saturated heterocycles. The largest absolute Gasteiger partial charge is 0.305 e. The van der Waals surface area contributed by atoms with Crippen LogP contribution in [0.2, 0.25) is 0 Å². The lowest BCUT2D eigenvalue weighted by atomic mass is 10.2. The van der Waals surface area contributed by atoms with Crippen molar-refractivity contribution in [2.75, 3.05) is 7.05 Å². The van der Waals surface area contributed by atoms with Gasteiger partial charge < -0.3 is 4.31 Å². The lowest BCUT2D eigenvalue weighted by Crippen LogP contribution is -2.04. The molecule has 0 aromatic heterocycles. The van der Waals surface area contributed by atoms with Gasteiger partial charge >= 0.3 is 0 Å². The lowest BCUT2D eigenvalue weighted by molar-refractivity contribution is 0.877. The van der Waals surface area contributed by atoms with E-state index in [1.807, 2.05) is 38.2 Å². The van der Waals surface area contributed by atoms with Gasteiger partial charge in [0.1, 0.15) is 10.7 Å². The fraction of sp³-hybridized carbons (Fsp3) is 0.182. The predicted octanol–water partition coefficient (Wildman–Crippen LogP) is 4.51. The first-order valence-electron chi connectivity index (χ1n) is 4.60. The van der Waals surface area contributed by atoms with E-state index in [-0.39, 0.29) is 0 Å². The summed E-state index contributed by atoms with van der Waals surface area (Å²) in [6.45, 7) is 2.02. The van der Waals surface area contributed by atoms with E-state index in [2.05, 4.69) is 4.99 Å². The molecule has 1 aromatic rings. The third-order valence-electron chi connectivity index (χ3n) is 1.79. The molecule has 0 spiro atoms. The molecule has 1 aromatic carbocycles. The van der Waals surface area contributed by atoms with Crippen LogP contribution < -0.4 is 0 Å². The molecule has 0 bridgehead atoms. The number of para-hydroxylation sites is 1. The molecule has 16 heavy (non-hydrogen) atoms. The number of hydrogen-bond acceptors (Lipinski definition) is 2. The van der Waals surface area contributed by atoms with E-state index >= 15 is 0 Å². The zero-order valence-corrected chi connectivity index (χ0v) is 11.4. The van der Waals surface area contributed by atoms with Crippen molar-refractivity contribution in [2.24, 2.45) is 4.99 Å². The summed E-state index contributed by atoms with van der Waals surface area (Å²) in [5, 5.41) is 0. The molecule has 0 aliphatic carbocycles. The molecule has 5 heteroatoms. The molecule has 0 heterocycles. The van der Waals surface area contributed by atoms with Gasteiger partial charge in [-0.15, -0.1) is 0 Å². The van der Waals surface area contributed by atoms with E-state index in [4.69, 9.17) is 23.2 Å². The second-order valence-corrected chi connectivity index (χ2v) is 5.13. The van der Waals surface area contributed by atoms with Crippen molar-refractivity contribution in [2.45, 2.75) is 6.92 Å². The van der Waals surface area contributed by atoms with Gasteiger partial charge in [0.05, 0.1) is 5.69 Å².